The van der Waals surface area contributed by atoms with E-state index in [9.17, 15) is 9.59 Å². The molecule has 1 saturated heterocycles. The number of carbonyl (C=O) groups is 2. The van der Waals surface area contributed by atoms with E-state index in [-0.39, 0.29) is 18.2 Å². The normalized spacial score (nSPS) is 18.8. The van der Waals surface area contributed by atoms with E-state index in [2.05, 4.69) is 5.32 Å². The summed E-state index contributed by atoms with van der Waals surface area (Å²) in [5.74, 6) is -1.01. The molecule has 1 heterocycles. The third-order valence-corrected chi connectivity index (χ3v) is 4.28. The van der Waals surface area contributed by atoms with E-state index in [4.69, 9.17) is 32.7 Å². The molecule has 0 aromatic heterocycles. The molecule has 5 nitrogen and oxygen atoms in total. The molecule has 0 bridgehead atoms. The summed E-state index contributed by atoms with van der Waals surface area (Å²) in [4.78, 5) is 24.1. The zero-order valence-corrected chi connectivity index (χ0v) is 13.6. The molecule has 0 spiro atoms. The molecular formula is C15H17Cl2NO4. The average molecular weight is 346 g/mol. The second-order valence-electron chi connectivity index (χ2n) is 5.05. The summed E-state index contributed by atoms with van der Waals surface area (Å²) < 4.78 is 9.94. The van der Waals surface area contributed by atoms with Crippen LogP contribution < -0.4 is 5.32 Å². The third kappa shape index (κ3) is 4.12. The van der Waals surface area contributed by atoms with Crippen LogP contribution in [-0.4, -0.2) is 38.2 Å². The van der Waals surface area contributed by atoms with Crippen LogP contribution >= 0.6 is 23.2 Å². The van der Waals surface area contributed by atoms with Gasteiger partial charge >= 0.3 is 5.97 Å². The number of halogens is 2. The number of carbonyl (C=O) groups excluding carboxylic acids is 2. The lowest BCUT2D eigenvalue weighted by molar-refractivity contribution is -0.145. The highest BCUT2D eigenvalue weighted by Crippen LogP contribution is 2.26. The number of ether oxygens (including phenoxy) is 2. The Hall–Kier alpha value is -1.30. The second kappa shape index (κ2) is 7.81. The summed E-state index contributed by atoms with van der Waals surface area (Å²) in [7, 11) is 1.27. The summed E-state index contributed by atoms with van der Waals surface area (Å²) in [6.07, 6.45) is 0.817. The minimum absolute atomic E-state index is 0.171. The number of hydrogen-bond donors (Lipinski definition) is 1. The van der Waals surface area contributed by atoms with Gasteiger partial charge in [0.25, 0.3) is 0 Å². The Morgan fingerprint density at radius 3 is 2.64 bits per heavy atom. The van der Waals surface area contributed by atoms with Gasteiger partial charge in [0.05, 0.1) is 19.6 Å². The Bertz CT molecular complexity index is 538. The van der Waals surface area contributed by atoms with Gasteiger partial charge in [-0.05, 0) is 24.1 Å². The van der Waals surface area contributed by atoms with Crippen LogP contribution in [0.1, 0.15) is 12.0 Å². The maximum absolute atomic E-state index is 12.2. The minimum atomic E-state index is -0.838. The number of benzene rings is 1. The standard InChI is InChI=1S/C15H17Cl2NO4/c1-21-15(20)13(18-14(19)9-5-6-22-8-9)7-10-11(16)3-2-4-12(10)17/h2-4,9,13H,5-8H2,1H3,(H,18,19)/t9-,13+/m1/s1. The van der Waals surface area contributed by atoms with Gasteiger partial charge < -0.3 is 14.8 Å². The lowest BCUT2D eigenvalue weighted by atomic mass is 10.0. The molecule has 1 amide bonds. The fraction of sp³-hybridized carbons (Fsp3) is 0.467. The van der Waals surface area contributed by atoms with Crippen molar-refractivity contribution in [3.63, 3.8) is 0 Å². The van der Waals surface area contributed by atoms with Crippen molar-refractivity contribution in [1.82, 2.24) is 5.32 Å². The molecule has 0 saturated carbocycles. The van der Waals surface area contributed by atoms with Gasteiger partial charge in [0.15, 0.2) is 0 Å². The molecular weight excluding hydrogens is 329 g/mol. The minimum Gasteiger partial charge on any atom is -0.467 e. The van der Waals surface area contributed by atoms with Crippen molar-refractivity contribution in [2.24, 2.45) is 5.92 Å². The Labute approximate surface area is 138 Å². The largest absolute Gasteiger partial charge is 0.467 e. The van der Waals surface area contributed by atoms with Gasteiger partial charge in [-0.25, -0.2) is 4.79 Å². The van der Waals surface area contributed by atoms with Gasteiger partial charge in [-0.2, -0.15) is 0 Å². The Morgan fingerprint density at radius 2 is 2.09 bits per heavy atom. The molecule has 1 aromatic rings. The Balaban J connectivity index is 2.12. The van der Waals surface area contributed by atoms with E-state index in [1.165, 1.54) is 7.11 Å². The van der Waals surface area contributed by atoms with Crippen LogP contribution in [0, 0.1) is 5.92 Å². The molecule has 1 aromatic carbocycles. The van der Waals surface area contributed by atoms with Crippen LogP contribution in [0.4, 0.5) is 0 Å². The predicted octanol–water partition coefficient (Wildman–Crippen LogP) is 2.23. The van der Waals surface area contributed by atoms with E-state index < -0.39 is 12.0 Å². The molecule has 2 rings (SSSR count). The summed E-state index contributed by atoms with van der Waals surface area (Å²) in [5.41, 5.74) is 0.601. The van der Waals surface area contributed by atoms with Gasteiger partial charge in [-0.15, -0.1) is 0 Å². The number of nitrogens with one attached hydrogen (secondary N) is 1. The number of rotatable bonds is 5. The van der Waals surface area contributed by atoms with E-state index >= 15 is 0 Å². The molecule has 0 unspecified atom stereocenters. The molecule has 1 aliphatic heterocycles. The average Bonchev–Trinajstić information content (AvgIpc) is 3.03. The first-order valence-corrected chi connectivity index (χ1v) is 7.67. The SMILES string of the molecule is COC(=O)[C@H](Cc1c(Cl)cccc1Cl)NC(=O)[C@@H]1CCOC1. The molecule has 0 radical (unpaired) electrons. The molecule has 1 aliphatic rings. The van der Waals surface area contributed by atoms with Crippen LogP contribution in [0.25, 0.3) is 0 Å². The molecule has 0 aliphatic carbocycles. The first-order chi connectivity index (χ1) is 10.5. The van der Waals surface area contributed by atoms with Crippen molar-refractivity contribution in [1.29, 1.82) is 0 Å². The van der Waals surface area contributed by atoms with E-state index in [0.717, 1.165) is 0 Å². The fourth-order valence-corrected chi connectivity index (χ4v) is 2.85. The summed E-state index contributed by atoms with van der Waals surface area (Å²) in [6, 6.07) is 4.25. The molecule has 1 N–H and O–H groups in total. The van der Waals surface area contributed by atoms with Crippen LogP contribution in [0.3, 0.4) is 0 Å². The lowest BCUT2D eigenvalue weighted by Crippen LogP contribution is -2.45. The van der Waals surface area contributed by atoms with Crippen LogP contribution in [0.15, 0.2) is 18.2 Å². The van der Waals surface area contributed by atoms with E-state index in [1.807, 2.05) is 0 Å². The number of methoxy groups -OCH3 is 1. The summed E-state index contributed by atoms with van der Waals surface area (Å²) in [6.45, 7) is 0.921. The lowest BCUT2D eigenvalue weighted by Gasteiger charge is -2.19. The van der Waals surface area contributed by atoms with Gasteiger partial charge in [0, 0.05) is 23.1 Å². The van der Waals surface area contributed by atoms with Crippen molar-refractivity contribution in [2.45, 2.75) is 18.9 Å². The van der Waals surface area contributed by atoms with Crippen LogP contribution in [-0.2, 0) is 25.5 Å². The van der Waals surface area contributed by atoms with Crippen molar-refractivity contribution < 1.29 is 19.1 Å². The van der Waals surface area contributed by atoms with Crippen LogP contribution in [0.2, 0.25) is 10.0 Å². The summed E-state index contributed by atoms with van der Waals surface area (Å²) >= 11 is 12.2. The van der Waals surface area contributed by atoms with Gasteiger partial charge in [0.1, 0.15) is 6.04 Å². The second-order valence-corrected chi connectivity index (χ2v) is 5.86. The van der Waals surface area contributed by atoms with Crippen molar-refractivity contribution in [3.05, 3.63) is 33.8 Å². The van der Waals surface area contributed by atoms with Gasteiger partial charge in [-0.3, -0.25) is 4.79 Å². The zero-order valence-electron chi connectivity index (χ0n) is 12.1. The zero-order chi connectivity index (χ0) is 16.1. The van der Waals surface area contributed by atoms with Crippen molar-refractivity contribution >= 4 is 35.1 Å². The maximum Gasteiger partial charge on any atom is 0.328 e. The Kier molecular flexibility index (Phi) is 6.06. The highest BCUT2D eigenvalue weighted by atomic mass is 35.5. The fourth-order valence-electron chi connectivity index (χ4n) is 2.30. The first kappa shape index (κ1) is 17.1. The number of esters is 1. The van der Waals surface area contributed by atoms with Gasteiger partial charge in [0.2, 0.25) is 5.91 Å². The molecule has 7 heteroatoms. The summed E-state index contributed by atoms with van der Waals surface area (Å²) in [5, 5.41) is 3.59. The monoisotopic (exact) mass is 345 g/mol. The Morgan fingerprint density at radius 1 is 1.41 bits per heavy atom. The predicted molar refractivity (Wildman–Crippen MR) is 83.0 cm³/mol. The van der Waals surface area contributed by atoms with Crippen molar-refractivity contribution in [3.8, 4) is 0 Å². The maximum atomic E-state index is 12.2. The highest BCUT2D eigenvalue weighted by molar-refractivity contribution is 6.36. The first-order valence-electron chi connectivity index (χ1n) is 6.91. The highest BCUT2D eigenvalue weighted by Gasteiger charge is 2.29. The molecule has 120 valence electrons. The topological polar surface area (TPSA) is 64.6 Å². The van der Waals surface area contributed by atoms with Crippen molar-refractivity contribution in [2.75, 3.05) is 20.3 Å². The molecule has 2 atom stereocenters. The third-order valence-electron chi connectivity index (χ3n) is 3.57. The smallest absolute Gasteiger partial charge is 0.328 e. The number of hydrogen-bond acceptors (Lipinski definition) is 4. The number of amides is 1. The van der Waals surface area contributed by atoms with Crippen LogP contribution in [0.5, 0.6) is 0 Å². The van der Waals surface area contributed by atoms with E-state index in [1.54, 1.807) is 18.2 Å². The molecule has 1 fully saturated rings. The quantitative estimate of drug-likeness (QED) is 0.831. The van der Waals surface area contributed by atoms with Gasteiger partial charge in [-0.1, -0.05) is 29.3 Å². The molecule has 22 heavy (non-hydrogen) atoms. The van der Waals surface area contributed by atoms with E-state index in [0.29, 0.717) is 35.2 Å².